The Kier molecular flexibility index (Phi) is 6.65. The zero-order valence-electron chi connectivity index (χ0n) is 25.3. The summed E-state index contributed by atoms with van der Waals surface area (Å²) < 4.78 is 2.43. The van der Waals surface area contributed by atoms with E-state index in [1.807, 2.05) is 6.07 Å². The van der Waals surface area contributed by atoms with Crippen LogP contribution in [0.1, 0.15) is 0 Å². The summed E-state index contributed by atoms with van der Waals surface area (Å²) in [5, 5.41) is 4.90. The second kappa shape index (κ2) is 11.4. The van der Waals surface area contributed by atoms with E-state index in [-0.39, 0.29) is 0 Å². The smallest absolute Gasteiger partial charge is 0.165 e. The van der Waals surface area contributed by atoms with Crippen molar-refractivity contribution in [1.82, 2.24) is 15.0 Å². The van der Waals surface area contributed by atoms with Crippen LogP contribution in [0.2, 0.25) is 0 Å². The fourth-order valence-corrected chi connectivity index (χ4v) is 7.73. The molecule has 0 saturated heterocycles. The number of hydrogen-bond acceptors (Lipinski definition) is 4. The first-order valence-corrected chi connectivity index (χ1v) is 16.5. The van der Waals surface area contributed by atoms with Gasteiger partial charge in [0.15, 0.2) is 17.5 Å². The lowest BCUT2D eigenvalue weighted by Crippen LogP contribution is -2.01. The maximum atomic E-state index is 5.21. The van der Waals surface area contributed by atoms with E-state index in [0.717, 1.165) is 33.4 Å². The topological polar surface area (TPSA) is 38.7 Å². The molecule has 0 unspecified atom stereocenters. The summed E-state index contributed by atoms with van der Waals surface area (Å²) in [5.41, 5.74) is 7.44. The molecule has 220 valence electrons. The summed E-state index contributed by atoms with van der Waals surface area (Å²) in [6.45, 7) is 0. The van der Waals surface area contributed by atoms with Gasteiger partial charge in [-0.2, -0.15) is 0 Å². The third kappa shape index (κ3) is 4.87. The largest absolute Gasteiger partial charge is 0.208 e. The van der Waals surface area contributed by atoms with E-state index in [0.29, 0.717) is 17.5 Å². The zero-order chi connectivity index (χ0) is 31.2. The van der Waals surface area contributed by atoms with Crippen LogP contribution in [0.4, 0.5) is 0 Å². The van der Waals surface area contributed by atoms with E-state index in [1.165, 1.54) is 36.5 Å². The van der Waals surface area contributed by atoms with Crippen LogP contribution in [0.25, 0.3) is 87.4 Å². The van der Waals surface area contributed by atoms with Gasteiger partial charge in [0.2, 0.25) is 0 Å². The molecule has 47 heavy (non-hydrogen) atoms. The normalized spacial score (nSPS) is 11.4. The molecule has 4 heteroatoms. The Morgan fingerprint density at radius 2 is 0.894 bits per heavy atom. The number of fused-ring (bicyclic) bond motifs is 4. The van der Waals surface area contributed by atoms with E-state index in [2.05, 4.69) is 158 Å². The third-order valence-electron chi connectivity index (χ3n) is 8.75. The van der Waals surface area contributed by atoms with E-state index in [9.17, 15) is 0 Å². The molecular formula is C43H27N3S. The minimum Gasteiger partial charge on any atom is -0.208 e. The Balaban J connectivity index is 1.28. The number of benzene rings is 7. The van der Waals surface area contributed by atoms with Crippen molar-refractivity contribution in [3.05, 3.63) is 164 Å². The average molecular weight is 618 g/mol. The van der Waals surface area contributed by atoms with Gasteiger partial charge in [-0.3, -0.25) is 0 Å². The van der Waals surface area contributed by atoms with E-state index in [1.54, 1.807) is 11.3 Å². The third-order valence-corrected chi connectivity index (χ3v) is 9.97. The standard InChI is InChI=1S/C43H27N3S/c1-2-13-28(14-3-1)33-20-6-7-22-37(33)42-44-41(31-18-10-17-30(27-31)34-23-11-16-29-15-4-5-19-32(29)34)45-43(46-42)38-25-12-24-36-35-21-8-9-26-39(35)47-40(36)38/h1-27H. The molecule has 0 aliphatic rings. The van der Waals surface area contributed by atoms with E-state index >= 15 is 0 Å². The molecule has 2 heterocycles. The minimum absolute atomic E-state index is 0.646. The second-order valence-electron chi connectivity index (χ2n) is 11.6. The summed E-state index contributed by atoms with van der Waals surface area (Å²) in [7, 11) is 0. The van der Waals surface area contributed by atoms with Crippen molar-refractivity contribution >= 4 is 42.3 Å². The van der Waals surface area contributed by atoms with Crippen LogP contribution in [-0.4, -0.2) is 15.0 Å². The van der Waals surface area contributed by atoms with Crippen molar-refractivity contribution in [2.75, 3.05) is 0 Å². The van der Waals surface area contributed by atoms with Crippen molar-refractivity contribution in [1.29, 1.82) is 0 Å². The van der Waals surface area contributed by atoms with Crippen LogP contribution in [0, 0.1) is 0 Å². The molecule has 0 radical (unpaired) electrons. The van der Waals surface area contributed by atoms with Gasteiger partial charge in [-0.15, -0.1) is 11.3 Å². The molecule has 9 rings (SSSR count). The number of hydrogen-bond donors (Lipinski definition) is 0. The first-order valence-electron chi connectivity index (χ1n) is 15.7. The van der Waals surface area contributed by atoms with Crippen LogP contribution >= 0.6 is 11.3 Å². The Bertz CT molecular complexity index is 2580. The predicted octanol–water partition coefficient (Wildman–Crippen LogP) is 11.7. The van der Waals surface area contributed by atoms with Crippen LogP contribution in [0.3, 0.4) is 0 Å². The molecule has 2 aromatic heterocycles. The first-order chi connectivity index (χ1) is 23.3. The molecule has 9 aromatic rings. The van der Waals surface area contributed by atoms with E-state index < -0.39 is 0 Å². The van der Waals surface area contributed by atoms with E-state index in [4.69, 9.17) is 15.0 Å². The fraction of sp³-hybridized carbons (Fsp3) is 0. The van der Waals surface area contributed by atoms with Crippen LogP contribution in [-0.2, 0) is 0 Å². The molecule has 0 atom stereocenters. The maximum absolute atomic E-state index is 5.21. The quantitative estimate of drug-likeness (QED) is 0.193. The summed E-state index contributed by atoms with van der Waals surface area (Å²) in [6.07, 6.45) is 0. The highest BCUT2D eigenvalue weighted by Gasteiger charge is 2.18. The molecule has 0 saturated carbocycles. The summed E-state index contributed by atoms with van der Waals surface area (Å²) in [5.74, 6) is 1.96. The van der Waals surface area contributed by atoms with Crippen molar-refractivity contribution in [3.63, 3.8) is 0 Å². The molecule has 0 spiro atoms. The van der Waals surface area contributed by atoms with Gasteiger partial charge in [0.1, 0.15) is 0 Å². The molecule has 0 amide bonds. The maximum Gasteiger partial charge on any atom is 0.165 e. The van der Waals surface area contributed by atoms with Gasteiger partial charge in [0.05, 0.1) is 0 Å². The molecule has 0 N–H and O–H groups in total. The number of aromatic nitrogens is 3. The highest BCUT2D eigenvalue weighted by atomic mass is 32.1. The molecule has 7 aromatic carbocycles. The van der Waals surface area contributed by atoms with Crippen molar-refractivity contribution in [3.8, 4) is 56.4 Å². The lowest BCUT2D eigenvalue weighted by Gasteiger charge is -2.13. The SMILES string of the molecule is c1ccc(-c2ccccc2-c2nc(-c3cccc(-c4cccc5ccccc45)c3)nc(-c3cccc4c3sc3ccccc34)n2)cc1. The van der Waals surface area contributed by atoms with Crippen LogP contribution in [0.5, 0.6) is 0 Å². The molecular weight excluding hydrogens is 591 g/mol. The minimum atomic E-state index is 0.646. The van der Waals surface area contributed by atoms with Gasteiger partial charge < -0.3 is 0 Å². The molecule has 3 nitrogen and oxygen atoms in total. The summed E-state index contributed by atoms with van der Waals surface area (Å²) in [6, 6.07) is 57.4. The summed E-state index contributed by atoms with van der Waals surface area (Å²) >= 11 is 1.79. The van der Waals surface area contributed by atoms with Gasteiger partial charge in [-0.1, -0.05) is 146 Å². The molecule has 0 bridgehead atoms. The van der Waals surface area contributed by atoms with Gasteiger partial charge in [-0.05, 0) is 51.2 Å². The highest BCUT2D eigenvalue weighted by molar-refractivity contribution is 7.26. The van der Waals surface area contributed by atoms with Gasteiger partial charge in [0.25, 0.3) is 0 Å². The lowest BCUT2D eigenvalue weighted by atomic mass is 9.97. The Labute approximate surface area is 276 Å². The highest BCUT2D eigenvalue weighted by Crippen LogP contribution is 2.40. The van der Waals surface area contributed by atoms with Crippen molar-refractivity contribution in [2.45, 2.75) is 0 Å². The predicted molar refractivity (Wildman–Crippen MR) is 197 cm³/mol. The van der Waals surface area contributed by atoms with Crippen LogP contribution in [0.15, 0.2) is 164 Å². The van der Waals surface area contributed by atoms with Crippen LogP contribution < -0.4 is 0 Å². The van der Waals surface area contributed by atoms with Crippen molar-refractivity contribution < 1.29 is 0 Å². The Morgan fingerprint density at radius 3 is 1.79 bits per heavy atom. The number of rotatable bonds is 5. The number of nitrogens with zero attached hydrogens (tertiary/aromatic N) is 3. The molecule has 0 fully saturated rings. The van der Waals surface area contributed by atoms with Gasteiger partial charge in [-0.25, -0.2) is 15.0 Å². The van der Waals surface area contributed by atoms with Crippen molar-refractivity contribution in [2.24, 2.45) is 0 Å². The Hall–Kier alpha value is -5.97. The monoisotopic (exact) mass is 617 g/mol. The fourth-order valence-electron chi connectivity index (χ4n) is 6.52. The Morgan fingerprint density at radius 1 is 0.340 bits per heavy atom. The zero-order valence-corrected chi connectivity index (χ0v) is 26.2. The average Bonchev–Trinajstić information content (AvgIpc) is 3.54. The molecule has 0 aliphatic carbocycles. The number of thiophene rings is 1. The first kappa shape index (κ1) is 27.3. The molecule has 0 aliphatic heterocycles. The van der Waals surface area contributed by atoms with Gasteiger partial charge >= 0.3 is 0 Å². The lowest BCUT2D eigenvalue weighted by molar-refractivity contribution is 1.08. The van der Waals surface area contributed by atoms with Gasteiger partial charge in [0, 0.05) is 36.9 Å². The summed E-state index contributed by atoms with van der Waals surface area (Å²) in [4.78, 5) is 15.6. The second-order valence-corrected chi connectivity index (χ2v) is 12.7.